The quantitative estimate of drug-likeness (QED) is 0.939. The van der Waals surface area contributed by atoms with E-state index in [0.29, 0.717) is 5.56 Å². The van der Waals surface area contributed by atoms with E-state index in [1.165, 1.54) is 12.1 Å². The number of amides is 1. The molecule has 1 atom stereocenters. The number of benzene rings is 1. The molecule has 0 spiro atoms. The van der Waals surface area contributed by atoms with Gasteiger partial charge in [-0.3, -0.25) is 9.78 Å². The van der Waals surface area contributed by atoms with Gasteiger partial charge in [-0.1, -0.05) is 24.3 Å². The third-order valence-electron chi connectivity index (χ3n) is 3.18. The van der Waals surface area contributed by atoms with E-state index in [4.69, 9.17) is 0 Å². The summed E-state index contributed by atoms with van der Waals surface area (Å²) >= 11 is 0. The second kappa shape index (κ2) is 6.60. The van der Waals surface area contributed by atoms with Crippen LogP contribution in [-0.4, -0.2) is 10.9 Å². The lowest BCUT2D eigenvalue weighted by atomic mass is 10.1. The van der Waals surface area contributed by atoms with Crippen LogP contribution in [0.15, 0.2) is 48.8 Å². The molecule has 1 aromatic heterocycles. The van der Waals surface area contributed by atoms with E-state index in [1.807, 2.05) is 6.07 Å². The molecule has 1 aromatic carbocycles. The van der Waals surface area contributed by atoms with Crippen molar-refractivity contribution >= 4 is 5.91 Å². The lowest BCUT2D eigenvalue weighted by molar-refractivity contribution is -0.137. The molecule has 0 bridgehead atoms. The zero-order valence-electron chi connectivity index (χ0n) is 11.9. The van der Waals surface area contributed by atoms with Gasteiger partial charge >= 0.3 is 6.18 Å². The van der Waals surface area contributed by atoms with Gasteiger partial charge in [0.15, 0.2) is 0 Å². The Bertz CT molecular complexity index is 641. The van der Waals surface area contributed by atoms with Crippen LogP contribution in [-0.2, 0) is 17.4 Å². The Kier molecular flexibility index (Phi) is 4.80. The van der Waals surface area contributed by atoms with Crippen molar-refractivity contribution in [3.63, 3.8) is 0 Å². The van der Waals surface area contributed by atoms with Crippen molar-refractivity contribution in [2.24, 2.45) is 0 Å². The predicted octanol–water partition coefficient (Wildman–Crippen LogP) is 3.52. The molecule has 0 aliphatic carbocycles. The van der Waals surface area contributed by atoms with E-state index in [9.17, 15) is 18.0 Å². The maximum atomic E-state index is 12.6. The molecule has 1 amide bonds. The number of hydrogen-bond donors (Lipinski definition) is 1. The van der Waals surface area contributed by atoms with Crippen molar-refractivity contribution in [2.75, 3.05) is 0 Å². The van der Waals surface area contributed by atoms with Gasteiger partial charge in [-0.25, -0.2) is 0 Å². The van der Waals surface area contributed by atoms with Crippen molar-refractivity contribution in [3.8, 4) is 0 Å². The summed E-state index contributed by atoms with van der Waals surface area (Å²) in [6, 6.07) is 8.10. The minimum atomic E-state index is -4.41. The Hall–Kier alpha value is -2.37. The zero-order chi connectivity index (χ0) is 16.2. The van der Waals surface area contributed by atoms with Crippen molar-refractivity contribution in [2.45, 2.75) is 25.6 Å². The Morgan fingerprint density at radius 3 is 2.68 bits per heavy atom. The summed E-state index contributed by atoms with van der Waals surface area (Å²) in [5, 5.41) is 2.74. The molecule has 1 heterocycles. The number of aromatic nitrogens is 1. The van der Waals surface area contributed by atoms with Gasteiger partial charge in [0, 0.05) is 12.4 Å². The van der Waals surface area contributed by atoms with Crippen LogP contribution in [0.2, 0.25) is 0 Å². The van der Waals surface area contributed by atoms with E-state index < -0.39 is 11.7 Å². The molecule has 1 unspecified atom stereocenters. The van der Waals surface area contributed by atoms with E-state index in [-0.39, 0.29) is 18.4 Å². The molecule has 0 saturated carbocycles. The number of rotatable bonds is 4. The third kappa shape index (κ3) is 4.31. The highest BCUT2D eigenvalue weighted by Crippen LogP contribution is 2.29. The Labute approximate surface area is 126 Å². The Morgan fingerprint density at radius 2 is 2.05 bits per heavy atom. The number of carbonyl (C=O) groups excluding carboxylic acids is 1. The van der Waals surface area contributed by atoms with Crippen LogP contribution in [0.25, 0.3) is 0 Å². The van der Waals surface area contributed by atoms with Gasteiger partial charge in [-0.2, -0.15) is 13.2 Å². The number of carbonyl (C=O) groups is 1. The number of nitrogens with zero attached hydrogens (tertiary/aromatic N) is 1. The molecule has 116 valence electrons. The summed E-state index contributed by atoms with van der Waals surface area (Å²) in [5.41, 5.74) is 0.406. The number of halogens is 3. The molecule has 22 heavy (non-hydrogen) atoms. The van der Waals surface area contributed by atoms with Crippen LogP contribution in [0, 0.1) is 0 Å². The van der Waals surface area contributed by atoms with Gasteiger partial charge in [0.1, 0.15) is 0 Å². The van der Waals surface area contributed by atoms with Crippen molar-refractivity contribution in [3.05, 3.63) is 65.5 Å². The minimum absolute atomic E-state index is 0.103. The maximum Gasteiger partial charge on any atom is 0.416 e. The summed E-state index contributed by atoms with van der Waals surface area (Å²) in [6.07, 6.45) is -1.25. The van der Waals surface area contributed by atoms with E-state index >= 15 is 0 Å². The monoisotopic (exact) mass is 308 g/mol. The molecule has 3 nitrogen and oxygen atoms in total. The first-order chi connectivity index (χ1) is 10.4. The van der Waals surface area contributed by atoms with Crippen molar-refractivity contribution in [1.29, 1.82) is 0 Å². The minimum Gasteiger partial charge on any atom is -0.349 e. The van der Waals surface area contributed by atoms with E-state index in [1.54, 1.807) is 25.4 Å². The summed E-state index contributed by atoms with van der Waals surface area (Å²) < 4.78 is 37.9. The Balaban J connectivity index is 2.01. The molecule has 0 saturated heterocycles. The van der Waals surface area contributed by atoms with Gasteiger partial charge in [-0.15, -0.1) is 0 Å². The number of nitrogens with one attached hydrogen (secondary N) is 1. The summed E-state index contributed by atoms with van der Waals surface area (Å²) in [7, 11) is 0. The molecular weight excluding hydrogens is 293 g/mol. The standard InChI is InChI=1S/C16H15F3N2O/c1-11(13-5-3-7-20-10-13)21-15(22)9-12-4-2-6-14(8-12)16(17,18)19/h2-8,10-11H,9H2,1H3,(H,21,22). The first-order valence-electron chi connectivity index (χ1n) is 6.71. The van der Waals surface area contributed by atoms with Crippen LogP contribution in [0.1, 0.15) is 29.7 Å². The smallest absolute Gasteiger partial charge is 0.349 e. The van der Waals surface area contributed by atoms with Crippen molar-refractivity contribution in [1.82, 2.24) is 10.3 Å². The molecule has 0 fully saturated rings. The molecule has 0 radical (unpaired) electrons. The lowest BCUT2D eigenvalue weighted by Gasteiger charge is -2.14. The molecule has 2 rings (SSSR count). The zero-order valence-corrected chi connectivity index (χ0v) is 11.9. The molecule has 1 N–H and O–H groups in total. The second-order valence-electron chi connectivity index (χ2n) is 4.95. The molecule has 0 aliphatic rings. The SMILES string of the molecule is CC(NC(=O)Cc1cccc(C(F)(F)F)c1)c1cccnc1. The average Bonchev–Trinajstić information content (AvgIpc) is 2.47. The highest BCUT2D eigenvalue weighted by atomic mass is 19.4. The maximum absolute atomic E-state index is 12.6. The van der Waals surface area contributed by atoms with Crippen LogP contribution in [0.3, 0.4) is 0 Å². The molecular formula is C16H15F3N2O. The highest BCUT2D eigenvalue weighted by Gasteiger charge is 2.30. The topological polar surface area (TPSA) is 42.0 Å². The fraction of sp³-hybridized carbons (Fsp3) is 0.250. The number of pyridine rings is 1. The van der Waals surface area contributed by atoms with Crippen LogP contribution in [0.4, 0.5) is 13.2 Å². The fourth-order valence-electron chi connectivity index (χ4n) is 2.05. The second-order valence-corrected chi connectivity index (χ2v) is 4.95. The summed E-state index contributed by atoms with van der Waals surface area (Å²) in [5.74, 6) is -0.337. The molecule has 2 aromatic rings. The van der Waals surface area contributed by atoms with E-state index in [0.717, 1.165) is 17.7 Å². The van der Waals surface area contributed by atoms with E-state index in [2.05, 4.69) is 10.3 Å². The predicted molar refractivity (Wildman–Crippen MR) is 75.9 cm³/mol. The summed E-state index contributed by atoms with van der Waals surface area (Å²) in [6.45, 7) is 1.79. The molecule has 6 heteroatoms. The van der Waals surface area contributed by atoms with Gasteiger partial charge in [-0.05, 0) is 30.2 Å². The van der Waals surface area contributed by atoms with Gasteiger partial charge in [0.25, 0.3) is 0 Å². The average molecular weight is 308 g/mol. The third-order valence-corrected chi connectivity index (χ3v) is 3.18. The number of hydrogen-bond acceptors (Lipinski definition) is 2. The van der Waals surface area contributed by atoms with Gasteiger partial charge < -0.3 is 5.32 Å². The lowest BCUT2D eigenvalue weighted by Crippen LogP contribution is -2.28. The van der Waals surface area contributed by atoms with Crippen molar-refractivity contribution < 1.29 is 18.0 Å². The fourth-order valence-corrected chi connectivity index (χ4v) is 2.05. The van der Waals surface area contributed by atoms with Gasteiger partial charge in [0.05, 0.1) is 18.0 Å². The first kappa shape index (κ1) is 16.0. The van der Waals surface area contributed by atoms with Gasteiger partial charge in [0.2, 0.25) is 5.91 Å². The number of alkyl halides is 3. The highest BCUT2D eigenvalue weighted by molar-refractivity contribution is 5.79. The normalized spacial score (nSPS) is 12.7. The van der Waals surface area contributed by atoms with Crippen LogP contribution in [0.5, 0.6) is 0 Å². The summed E-state index contributed by atoms with van der Waals surface area (Å²) in [4.78, 5) is 15.9. The van der Waals surface area contributed by atoms with Crippen LogP contribution >= 0.6 is 0 Å². The molecule has 0 aliphatic heterocycles. The largest absolute Gasteiger partial charge is 0.416 e. The first-order valence-corrected chi connectivity index (χ1v) is 6.71. The Morgan fingerprint density at radius 1 is 1.27 bits per heavy atom. The van der Waals surface area contributed by atoms with Crippen LogP contribution < -0.4 is 5.32 Å².